The first-order valence-electron chi connectivity index (χ1n) is 10.1. The maximum absolute atomic E-state index is 12.8. The van der Waals surface area contributed by atoms with Crippen molar-refractivity contribution in [2.45, 2.75) is 56.4 Å². The molecule has 0 radical (unpaired) electrons. The van der Waals surface area contributed by atoms with Gasteiger partial charge in [0.2, 0.25) is 0 Å². The molecule has 2 aliphatic carbocycles. The van der Waals surface area contributed by atoms with E-state index in [0.717, 1.165) is 48.2 Å². The van der Waals surface area contributed by atoms with Crippen molar-refractivity contribution < 1.29 is 4.79 Å². The Morgan fingerprint density at radius 1 is 1.07 bits per heavy atom. The summed E-state index contributed by atoms with van der Waals surface area (Å²) in [6.45, 7) is 1.63. The average Bonchev–Trinajstić information content (AvgIpc) is 3.66. The summed E-state index contributed by atoms with van der Waals surface area (Å²) in [5.74, 6) is 2.39. The second-order valence-corrected chi connectivity index (χ2v) is 9.30. The lowest BCUT2D eigenvalue weighted by Crippen LogP contribution is -2.37. The van der Waals surface area contributed by atoms with Crippen molar-refractivity contribution in [3.05, 3.63) is 40.0 Å². The van der Waals surface area contributed by atoms with E-state index in [9.17, 15) is 4.79 Å². The van der Waals surface area contributed by atoms with Crippen LogP contribution in [0.25, 0.3) is 0 Å². The largest absolute Gasteiger partial charge is 0.357 e. The molecular weight excluding hydrogens is 356 g/mol. The fourth-order valence-corrected chi connectivity index (χ4v) is 5.16. The predicted molar refractivity (Wildman–Crippen MR) is 108 cm³/mol. The molecule has 2 saturated carbocycles. The third-order valence-electron chi connectivity index (χ3n) is 6.15. The molecule has 1 saturated heterocycles. The molecule has 142 valence electrons. The number of amides is 1. The second-order valence-electron chi connectivity index (χ2n) is 8.19. The summed E-state index contributed by atoms with van der Waals surface area (Å²) in [5, 5.41) is 0. The molecule has 0 bridgehead atoms. The van der Waals surface area contributed by atoms with Crippen LogP contribution in [-0.2, 0) is 0 Å². The number of hydrogen-bond donors (Lipinski definition) is 0. The molecule has 0 atom stereocenters. The summed E-state index contributed by atoms with van der Waals surface area (Å²) < 4.78 is 0. The van der Waals surface area contributed by atoms with E-state index in [0.29, 0.717) is 12.0 Å². The molecule has 5 nitrogen and oxygen atoms in total. The van der Waals surface area contributed by atoms with Gasteiger partial charge in [0.15, 0.2) is 0 Å². The zero-order valence-corrected chi connectivity index (χ0v) is 16.6. The summed E-state index contributed by atoms with van der Waals surface area (Å²) in [7, 11) is 2.13. The van der Waals surface area contributed by atoms with Gasteiger partial charge in [-0.15, -0.1) is 11.3 Å². The second kappa shape index (κ2) is 6.89. The van der Waals surface area contributed by atoms with E-state index in [-0.39, 0.29) is 5.91 Å². The van der Waals surface area contributed by atoms with Crippen LogP contribution in [0, 0.1) is 0 Å². The van der Waals surface area contributed by atoms with Crippen molar-refractivity contribution in [2.24, 2.45) is 0 Å². The molecule has 1 amide bonds. The first-order chi connectivity index (χ1) is 13.2. The van der Waals surface area contributed by atoms with Gasteiger partial charge in [0, 0.05) is 48.7 Å². The number of carbonyl (C=O) groups excluding carboxylic acids is 1. The third kappa shape index (κ3) is 3.59. The topological polar surface area (TPSA) is 49.3 Å². The quantitative estimate of drug-likeness (QED) is 0.783. The number of rotatable bonds is 5. The Morgan fingerprint density at radius 2 is 1.85 bits per heavy atom. The standard InChI is InChI=1S/C21H26N4OS/c1-24(16-4-5-16)20-12-17(22-13-23-20)14-8-10-25(11-9-14)21(26)19-7-6-18(27-19)15-2-3-15/h6-7,12-16H,2-5,8-11H2,1H3. The van der Waals surface area contributed by atoms with Crippen molar-refractivity contribution in [1.29, 1.82) is 0 Å². The first kappa shape index (κ1) is 17.2. The van der Waals surface area contributed by atoms with Crippen molar-refractivity contribution in [3.8, 4) is 0 Å². The fraction of sp³-hybridized carbons (Fsp3) is 0.571. The number of thiophene rings is 1. The van der Waals surface area contributed by atoms with Gasteiger partial charge in [0.25, 0.3) is 5.91 Å². The molecule has 5 rings (SSSR count). The molecule has 27 heavy (non-hydrogen) atoms. The molecule has 3 fully saturated rings. The zero-order valence-electron chi connectivity index (χ0n) is 15.8. The normalized spacial score (nSPS) is 20.7. The van der Waals surface area contributed by atoms with Crippen LogP contribution in [0.3, 0.4) is 0 Å². The van der Waals surface area contributed by atoms with Crippen LogP contribution in [0.1, 0.15) is 70.6 Å². The first-order valence-corrected chi connectivity index (χ1v) is 10.9. The Hall–Kier alpha value is -1.95. The molecule has 3 heterocycles. The van der Waals surface area contributed by atoms with Crippen LogP contribution in [0.5, 0.6) is 0 Å². The zero-order chi connectivity index (χ0) is 18.4. The monoisotopic (exact) mass is 382 g/mol. The minimum absolute atomic E-state index is 0.210. The van der Waals surface area contributed by atoms with E-state index in [1.165, 1.54) is 30.6 Å². The average molecular weight is 383 g/mol. The van der Waals surface area contributed by atoms with E-state index >= 15 is 0 Å². The minimum Gasteiger partial charge on any atom is -0.357 e. The van der Waals surface area contributed by atoms with Gasteiger partial charge in [-0.2, -0.15) is 0 Å². The van der Waals surface area contributed by atoms with E-state index in [4.69, 9.17) is 0 Å². The summed E-state index contributed by atoms with van der Waals surface area (Å²) in [5.41, 5.74) is 1.13. The van der Waals surface area contributed by atoms with Gasteiger partial charge >= 0.3 is 0 Å². The number of carbonyl (C=O) groups is 1. The molecule has 0 N–H and O–H groups in total. The number of anilines is 1. The van der Waals surface area contributed by atoms with Crippen LogP contribution in [0.15, 0.2) is 24.5 Å². The lowest BCUT2D eigenvalue weighted by Gasteiger charge is -2.31. The summed E-state index contributed by atoms with van der Waals surface area (Å²) >= 11 is 1.70. The van der Waals surface area contributed by atoms with Gasteiger partial charge in [0.05, 0.1) is 4.88 Å². The molecule has 0 aromatic carbocycles. The Morgan fingerprint density at radius 3 is 2.56 bits per heavy atom. The molecule has 0 spiro atoms. The number of hydrogen-bond acceptors (Lipinski definition) is 5. The van der Waals surface area contributed by atoms with Gasteiger partial charge in [-0.25, -0.2) is 9.97 Å². The lowest BCUT2D eigenvalue weighted by molar-refractivity contribution is 0.0717. The van der Waals surface area contributed by atoms with E-state index in [1.807, 2.05) is 11.0 Å². The van der Waals surface area contributed by atoms with Crippen LogP contribution in [-0.4, -0.2) is 47.0 Å². The highest BCUT2D eigenvalue weighted by Crippen LogP contribution is 2.43. The van der Waals surface area contributed by atoms with Crippen molar-refractivity contribution in [2.75, 3.05) is 25.0 Å². The molecule has 2 aromatic rings. The predicted octanol–water partition coefficient (Wildman–Crippen LogP) is 4.03. The van der Waals surface area contributed by atoms with Gasteiger partial charge in [-0.05, 0) is 56.6 Å². The van der Waals surface area contributed by atoms with Gasteiger partial charge in [0.1, 0.15) is 12.1 Å². The molecule has 6 heteroatoms. The van der Waals surface area contributed by atoms with Gasteiger partial charge in [-0.3, -0.25) is 4.79 Å². The Balaban J connectivity index is 1.22. The third-order valence-corrected chi connectivity index (χ3v) is 7.38. The number of nitrogens with zero attached hydrogens (tertiary/aromatic N) is 4. The minimum atomic E-state index is 0.210. The number of likely N-dealkylation sites (tertiary alicyclic amines) is 1. The highest BCUT2D eigenvalue weighted by Gasteiger charge is 2.30. The highest BCUT2D eigenvalue weighted by atomic mass is 32.1. The molecule has 2 aromatic heterocycles. The SMILES string of the molecule is CN(c1cc(C2CCN(C(=O)c3ccc(C4CC4)s3)CC2)ncn1)C1CC1. The van der Waals surface area contributed by atoms with Crippen LogP contribution >= 0.6 is 11.3 Å². The molecule has 0 unspecified atom stereocenters. The van der Waals surface area contributed by atoms with E-state index < -0.39 is 0 Å². The number of aromatic nitrogens is 2. The van der Waals surface area contributed by atoms with Crippen LogP contribution in [0.4, 0.5) is 5.82 Å². The number of piperidine rings is 1. The van der Waals surface area contributed by atoms with Crippen LogP contribution < -0.4 is 4.90 Å². The van der Waals surface area contributed by atoms with Gasteiger partial charge in [-0.1, -0.05) is 0 Å². The Bertz CT molecular complexity index is 834. The van der Waals surface area contributed by atoms with Crippen molar-refractivity contribution >= 4 is 23.1 Å². The van der Waals surface area contributed by atoms with E-state index in [2.05, 4.69) is 34.0 Å². The maximum atomic E-state index is 12.8. The summed E-state index contributed by atoms with van der Waals surface area (Å²) in [6, 6.07) is 6.98. The van der Waals surface area contributed by atoms with Gasteiger partial charge < -0.3 is 9.80 Å². The maximum Gasteiger partial charge on any atom is 0.263 e. The molecular formula is C21H26N4OS. The highest BCUT2D eigenvalue weighted by molar-refractivity contribution is 7.14. The van der Waals surface area contributed by atoms with Crippen LogP contribution in [0.2, 0.25) is 0 Å². The molecule has 1 aliphatic heterocycles. The Kier molecular flexibility index (Phi) is 4.38. The molecule has 3 aliphatic rings. The summed E-state index contributed by atoms with van der Waals surface area (Å²) in [6.07, 6.45) is 8.77. The Labute approximate surface area is 164 Å². The lowest BCUT2D eigenvalue weighted by atomic mass is 9.93. The van der Waals surface area contributed by atoms with E-state index in [1.54, 1.807) is 17.7 Å². The smallest absolute Gasteiger partial charge is 0.263 e. The fourth-order valence-electron chi connectivity index (χ4n) is 4.02. The summed E-state index contributed by atoms with van der Waals surface area (Å²) in [4.78, 5) is 28.4. The van der Waals surface area contributed by atoms with Crippen molar-refractivity contribution in [3.63, 3.8) is 0 Å². The van der Waals surface area contributed by atoms with Crippen molar-refractivity contribution in [1.82, 2.24) is 14.9 Å².